The van der Waals surface area contributed by atoms with Crippen LogP contribution in [0.4, 0.5) is 0 Å². The number of aliphatic hydroxyl groups excluding tert-OH is 2. The predicted molar refractivity (Wildman–Crippen MR) is 369 cm³/mol. The number of hydrogen-bond acceptors (Lipinski definition) is 2. The van der Waals surface area contributed by atoms with Crippen LogP contribution in [0.15, 0.2) is 36.4 Å². The first-order valence-corrected chi connectivity index (χ1v) is 37.5. The van der Waals surface area contributed by atoms with E-state index in [1.165, 1.54) is 327 Å². The van der Waals surface area contributed by atoms with Crippen molar-refractivity contribution in [3.63, 3.8) is 0 Å². The molecular weight excluding hydrogens is 1000 g/mol. The maximum Gasteiger partial charge on any atom is 0.0580 e. The second-order valence-electron chi connectivity index (χ2n) is 27.0. The first-order chi connectivity index (χ1) is 40.8. The summed E-state index contributed by atoms with van der Waals surface area (Å²) < 4.78 is 0. The van der Waals surface area contributed by atoms with Gasteiger partial charge in [-0.25, -0.2) is 0 Å². The molecule has 2 N–H and O–H groups in total. The lowest BCUT2D eigenvalue weighted by molar-refractivity contribution is 0.160. The molecule has 0 aliphatic rings. The summed E-state index contributed by atoms with van der Waals surface area (Å²) in [5.41, 5.74) is 16.5. The van der Waals surface area contributed by atoms with Gasteiger partial charge in [0.05, 0.1) is 12.2 Å². The Bertz CT molecular complexity index is 1830. The number of aryl methyl sites for hydroxylation is 2. The molecule has 83 heavy (non-hydrogen) atoms. The molecule has 0 spiro atoms. The summed E-state index contributed by atoms with van der Waals surface area (Å²) in [4.78, 5) is 0. The molecule has 2 heteroatoms. The summed E-state index contributed by atoms with van der Waals surface area (Å²) in [5, 5.41) is 23.3. The van der Waals surface area contributed by atoms with Gasteiger partial charge >= 0.3 is 0 Å². The van der Waals surface area contributed by atoms with Gasteiger partial charge in [-0.1, -0.05) is 329 Å². The topological polar surface area (TPSA) is 40.5 Å². The molecule has 1 radical (unpaired) electrons. The third-order valence-corrected chi connectivity index (χ3v) is 18.7. The van der Waals surface area contributed by atoms with Crippen molar-refractivity contribution in [1.82, 2.24) is 0 Å². The third kappa shape index (κ3) is 36.5. The van der Waals surface area contributed by atoms with Crippen LogP contribution in [-0.4, -0.2) is 22.4 Å². The molecule has 0 aliphatic heterocycles. The van der Waals surface area contributed by atoms with Crippen LogP contribution in [0.25, 0.3) is 0 Å². The van der Waals surface area contributed by atoms with E-state index in [2.05, 4.69) is 90.9 Å². The highest BCUT2D eigenvalue weighted by molar-refractivity contribution is 5.50. The molecule has 0 saturated heterocycles. The summed E-state index contributed by atoms with van der Waals surface area (Å²) in [6.07, 6.45) is 66.7. The Morgan fingerprint density at radius 3 is 0.783 bits per heavy atom. The molecule has 0 amide bonds. The maximum absolute atomic E-state index is 11.6. The highest BCUT2D eigenvalue weighted by atomic mass is 16.3. The predicted octanol–water partition coefficient (Wildman–Crippen LogP) is 24.9. The Labute approximate surface area is 518 Å². The van der Waals surface area contributed by atoms with Crippen molar-refractivity contribution in [2.75, 3.05) is 0 Å². The molecule has 0 saturated carbocycles. The van der Waals surface area contributed by atoms with E-state index in [9.17, 15) is 10.2 Å². The van der Waals surface area contributed by atoms with Crippen LogP contribution in [0.2, 0.25) is 0 Å². The van der Waals surface area contributed by atoms with E-state index in [-0.39, 0.29) is 12.2 Å². The third-order valence-electron chi connectivity index (χ3n) is 18.7. The first kappa shape index (κ1) is 74.8. The molecule has 0 fully saturated rings. The van der Waals surface area contributed by atoms with E-state index in [4.69, 9.17) is 0 Å². The average Bonchev–Trinajstić information content (AvgIpc) is 3.31. The molecule has 3 aromatic rings. The number of aliphatic hydroxyl groups is 2. The fraction of sp³-hybridized carbons (Fsp3) is 0.778. The van der Waals surface area contributed by atoms with Crippen LogP contribution in [0, 0.1) is 6.07 Å². The molecule has 2 nitrogen and oxygen atoms in total. The van der Waals surface area contributed by atoms with Crippen LogP contribution in [0.5, 0.6) is 0 Å². The van der Waals surface area contributed by atoms with E-state index in [1.807, 2.05) is 0 Å². The van der Waals surface area contributed by atoms with Gasteiger partial charge in [0.15, 0.2) is 0 Å². The van der Waals surface area contributed by atoms with E-state index in [1.54, 1.807) is 16.7 Å². The molecule has 0 bridgehead atoms. The standard InChI is InChI=1S/C81H139O2/c1-8-15-22-29-34-39-44-51-69-58-71(62-73(60-69)66-77(82)53-46-37-27-20-13-6)64-75-68-76(65-72-59-70(52-45-40-35-30-23-16-9-2)61-74(63-72)67-78(83)54-47-38-28-21-14-7)80(56-49-42-33-26-19-12-5)81(57-50-43-36-31-24-17-10-3)79(75)55-48-41-32-25-18-11-4/h58-63,77-78,82-83H,8-57,64-67H2,1-7H3. The fourth-order valence-corrected chi connectivity index (χ4v) is 13.6. The van der Waals surface area contributed by atoms with E-state index >= 15 is 0 Å². The SMILES string of the molecule is CCCCCCCCCc1cc(Cc2[c]c(Cc3cc(CCCCCCCCC)cc(CC(O)CCCCCCC)c3)c(CCCCCCCC)c(CCCCCCCCC)c2CCCCCCCC)cc(CC(O)CCCCCCC)c1. The van der Waals surface area contributed by atoms with Gasteiger partial charge < -0.3 is 10.2 Å². The van der Waals surface area contributed by atoms with Crippen LogP contribution in [0.3, 0.4) is 0 Å². The second kappa shape index (κ2) is 51.6. The van der Waals surface area contributed by atoms with Crippen LogP contribution in [0.1, 0.15) is 399 Å². The van der Waals surface area contributed by atoms with Crippen molar-refractivity contribution >= 4 is 0 Å². The lowest BCUT2D eigenvalue weighted by atomic mass is 9.80. The van der Waals surface area contributed by atoms with Gasteiger partial charge in [-0.05, 0) is 170 Å². The van der Waals surface area contributed by atoms with Gasteiger partial charge in [0.2, 0.25) is 0 Å². The average molecular weight is 1150 g/mol. The summed E-state index contributed by atoms with van der Waals surface area (Å²) >= 11 is 0. The number of unbranched alkanes of at least 4 members (excludes halogenated alkanes) is 36. The monoisotopic (exact) mass is 1140 g/mol. The minimum atomic E-state index is -0.284. The van der Waals surface area contributed by atoms with Crippen LogP contribution >= 0.6 is 0 Å². The Morgan fingerprint density at radius 1 is 0.253 bits per heavy atom. The van der Waals surface area contributed by atoms with Gasteiger partial charge in [-0.2, -0.15) is 0 Å². The fourth-order valence-electron chi connectivity index (χ4n) is 13.6. The summed E-state index contributed by atoms with van der Waals surface area (Å²) in [5.74, 6) is 0. The lowest BCUT2D eigenvalue weighted by Crippen LogP contribution is -2.13. The minimum absolute atomic E-state index is 0.284. The van der Waals surface area contributed by atoms with Gasteiger partial charge in [0.1, 0.15) is 0 Å². The Balaban J connectivity index is 2.28. The summed E-state index contributed by atoms with van der Waals surface area (Å²) in [7, 11) is 0. The number of hydrogen-bond donors (Lipinski definition) is 2. The zero-order valence-electron chi connectivity index (χ0n) is 56.7. The zero-order chi connectivity index (χ0) is 59.6. The Morgan fingerprint density at radius 2 is 0.482 bits per heavy atom. The highest BCUT2D eigenvalue weighted by Crippen LogP contribution is 2.34. The Kier molecular flexibility index (Phi) is 46.5. The molecule has 3 aromatic carbocycles. The molecule has 2 unspecified atom stereocenters. The van der Waals surface area contributed by atoms with Gasteiger partial charge in [0, 0.05) is 0 Å². The van der Waals surface area contributed by atoms with Crippen LogP contribution in [-0.2, 0) is 57.8 Å². The quantitative estimate of drug-likeness (QED) is 0.0553. The molecule has 0 aromatic heterocycles. The van der Waals surface area contributed by atoms with Crippen molar-refractivity contribution in [2.24, 2.45) is 0 Å². The smallest absolute Gasteiger partial charge is 0.0580 e. The number of rotatable bonds is 58. The molecule has 0 aliphatic carbocycles. The minimum Gasteiger partial charge on any atom is -0.393 e. The second-order valence-corrected chi connectivity index (χ2v) is 27.0. The molecule has 2 atom stereocenters. The van der Waals surface area contributed by atoms with Crippen molar-refractivity contribution < 1.29 is 10.2 Å². The first-order valence-electron chi connectivity index (χ1n) is 37.5. The molecule has 0 heterocycles. The van der Waals surface area contributed by atoms with E-state index in [0.717, 1.165) is 64.2 Å². The van der Waals surface area contributed by atoms with Crippen molar-refractivity contribution in [2.45, 2.75) is 407 Å². The molecule has 475 valence electrons. The summed E-state index contributed by atoms with van der Waals surface area (Å²) in [6, 6.07) is 19.7. The van der Waals surface area contributed by atoms with E-state index in [0.29, 0.717) is 0 Å². The number of benzene rings is 3. The molecule has 3 rings (SSSR count). The molecular formula is C81H139O2. The Hall–Kier alpha value is -2.42. The van der Waals surface area contributed by atoms with Gasteiger partial charge in [-0.3, -0.25) is 0 Å². The van der Waals surface area contributed by atoms with Crippen molar-refractivity contribution in [1.29, 1.82) is 0 Å². The normalized spacial score (nSPS) is 12.5. The maximum atomic E-state index is 11.6. The van der Waals surface area contributed by atoms with Crippen molar-refractivity contribution in [3.8, 4) is 0 Å². The van der Waals surface area contributed by atoms with E-state index < -0.39 is 0 Å². The van der Waals surface area contributed by atoms with Crippen molar-refractivity contribution in [3.05, 3.63) is 104 Å². The zero-order valence-corrected chi connectivity index (χ0v) is 56.7. The largest absolute Gasteiger partial charge is 0.393 e. The highest BCUT2D eigenvalue weighted by Gasteiger charge is 2.21. The van der Waals surface area contributed by atoms with Gasteiger partial charge in [-0.15, -0.1) is 0 Å². The summed E-state index contributed by atoms with van der Waals surface area (Å²) in [6.45, 7) is 16.3. The van der Waals surface area contributed by atoms with Gasteiger partial charge in [0.25, 0.3) is 0 Å². The lowest BCUT2D eigenvalue weighted by Gasteiger charge is -2.24. The van der Waals surface area contributed by atoms with Crippen LogP contribution < -0.4 is 0 Å².